The van der Waals surface area contributed by atoms with Crippen LogP contribution in [0.3, 0.4) is 0 Å². The second-order valence-corrected chi connectivity index (χ2v) is 8.49. The first-order chi connectivity index (χ1) is 14.7. The molecule has 1 aromatic heterocycles. The highest BCUT2D eigenvalue weighted by Gasteiger charge is 2.20. The molecule has 8 heteroatoms. The number of ether oxygens (including phenoxy) is 1. The quantitative estimate of drug-likeness (QED) is 0.341. The van der Waals surface area contributed by atoms with Crippen LogP contribution in [0.4, 0.5) is 4.79 Å². The van der Waals surface area contributed by atoms with Crippen LogP contribution in [0.2, 0.25) is 0 Å². The molecule has 1 aromatic carbocycles. The van der Waals surface area contributed by atoms with Crippen molar-refractivity contribution in [2.24, 2.45) is 4.99 Å². The first-order valence-corrected chi connectivity index (χ1v) is 10.7. The number of hydrogen-bond acceptors (Lipinski definition) is 4. The van der Waals surface area contributed by atoms with Crippen LogP contribution >= 0.6 is 0 Å². The van der Waals surface area contributed by atoms with E-state index in [1.807, 2.05) is 62.7 Å². The fraction of sp³-hybridized carbons (Fsp3) is 0.522. The highest BCUT2D eigenvalue weighted by molar-refractivity contribution is 5.79. The molecule has 170 valence electrons. The summed E-state index contributed by atoms with van der Waals surface area (Å²) in [6, 6.07) is 11.6. The Morgan fingerprint density at radius 1 is 1.19 bits per heavy atom. The van der Waals surface area contributed by atoms with Crippen molar-refractivity contribution in [3.8, 4) is 0 Å². The van der Waals surface area contributed by atoms with Gasteiger partial charge in [-0.25, -0.2) is 4.79 Å². The summed E-state index contributed by atoms with van der Waals surface area (Å²) in [5, 5.41) is 14.0. The lowest BCUT2D eigenvalue weighted by Gasteiger charge is -2.25. The molecule has 1 heterocycles. The molecule has 0 aliphatic rings. The van der Waals surface area contributed by atoms with Crippen molar-refractivity contribution >= 4 is 12.1 Å². The van der Waals surface area contributed by atoms with Gasteiger partial charge in [0.2, 0.25) is 0 Å². The summed E-state index contributed by atoms with van der Waals surface area (Å²) in [5.74, 6) is 0.681. The van der Waals surface area contributed by atoms with Crippen LogP contribution < -0.4 is 16.0 Å². The van der Waals surface area contributed by atoms with E-state index < -0.39 is 11.7 Å². The maximum absolute atomic E-state index is 12.3. The highest BCUT2D eigenvalue weighted by atomic mass is 16.6. The molecule has 31 heavy (non-hydrogen) atoms. The Kier molecular flexibility index (Phi) is 8.90. The largest absolute Gasteiger partial charge is 0.444 e. The van der Waals surface area contributed by atoms with Gasteiger partial charge in [-0.3, -0.25) is 9.67 Å². The van der Waals surface area contributed by atoms with Gasteiger partial charge in [0.25, 0.3) is 0 Å². The minimum atomic E-state index is -0.554. The topological polar surface area (TPSA) is 92.6 Å². The minimum absolute atomic E-state index is 0.260. The number of nitrogens with one attached hydrogen (secondary N) is 3. The van der Waals surface area contributed by atoms with Crippen molar-refractivity contribution < 1.29 is 9.53 Å². The van der Waals surface area contributed by atoms with Crippen molar-refractivity contribution in [1.82, 2.24) is 25.7 Å². The number of nitrogens with zero attached hydrogens (tertiary/aromatic N) is 3. The van der Waals surface area contributed by atoms with Crippen molar-refractivity contribution in [3.63, 3.8) is 0 Å². The number of amides is 1. The molecule has 0 aliphatic heterocycles. The fourth-order valence-corrected chi connectivity index (χ4v) is 3.14. The van der Waals surface area contributed by atoms with Crippen molar-refractivity contribution in [3.05, 3.63) is 53.3 Å². The zero-order valence-corrected chi connectivity index (χ0v) is 19.5. The second-order valence-electron chi connectivity index (χ2n) is 8.49. The third kappa shape index (κ3) is 8.70. The van der Waals surface area contributed by atoms with E-state index in [0.29, 0.717) is 12.5 Å². The van der Waals surface area contributed by atoms with E-state index in [4.69, 9.17) is 4.74 Å². The van der Waals surface area contributed by atoms with E-state index >= 15 is 0 Å². The second kappa shape index (κ2) is 11.4. The van der Waals surface area contributed by atoms with Crippen LogP contribution in [0.1, 0.15) is 50.2 Å². The summed E-state index contributed by atoms with van der Waals surface area (Å²) in [4.78, 5) is 16.6. The molecule has 0 fully saturated rings. The molecule has 0 radical (unpaired) electrons. The van der Waals surface area contributed by atoms with Crippen LogP contribution in [0.25, 0.3) is 0 Å². The zero-order valence-electron chi connectivity index (χ0n) is 19.5. The predicted molar refractivity (Wildman–Crippen MR) is 124 cm³/mol. The molecule has 0 saturated heterocycles. The monoisotopic (exact) mass is 428 g/mol. The molecule has 1 unspecified atom stereocenters. The maximum atomic E-state index is 12.3. The van der Waals surface area contributed by atoms with Gasteiger partial charge in [-0.05, 0) is 52.7 Å². The van der Waals surface area contributed by atoms with E-state index in [0.717, 1.165) is 30.8 Å². The molecule has 0 bridgehead atoms. The van der Waals surface area contributed by atoms with E-state index in [2.05, 4.69) is 39.0 Å². The van der Waals surface area contributed by atoms with E-state index in [-0.39, 0.29) is 6.04 Å². The summed E-state index contributed by atoms with van der Waals surface area (Å²) >= 11 is 0. The Bertz CT molecular complexity index is 855. The lowest BCUT2D eigenvalue weighted by atomic mass is 10.1. The van der Waals surface area contributed by atoms with Crippen LogP contribution in [-0.4, -0.2) is 47.6 Å². The Balaban J connectivity index is 1.87. The standard InChI is InChI=1S/C23H36N6O2/c1-17-15-18(2)29(28-17)14-10-13-25-21(24-6)26-16-20(19-11-8-7-9-12-19)27-22(30)31-23(3,4)5/h7-9,11-12,15,20H,10,13-14,16H2,1-6H3,(H,27,30)(H2,24,25,26). The number of alkyl carbamates (subject to hydrolysis) is 1. The Morgan fingerprint density at radius 3 is 2.48 bits per heavy atom. The number of aliphatic imine (C=N–C) groups is 1. The van der Waals surface area contributed by atoms with Gasteiger partial charge in [0.15, 0.2) is 5.96 Å². The molecule has 0 spiro atoms. The normalized spacial score (nSPS) is 12.9. The minimum Gasteiger partial charge on any atom is -0.444 e. The molecule has 1 atom stereocenters. The van der Waals surface area contributed by atoms with Crippen LogP contribution in [-0.2, 0) is 11.3 Å². The van der Waals surface area contributed by atoms with Gasteiger partial charge in [-0.15, -0.1) is 0 Å². The molecular formula is C23H36N6O2. The van der Waals surface area contributed by atoms with Gasteiger partial charge >= 0.3 is 6.09 Å². The predicted octanol–water partition coefficient (Wildman–Crippen LogP) is 3.32. The van der Waals surface area contributed by atoms with Crippen molar-refractivity contribution in [2.75, 3.05) is 20.1 Å². The third-order valence-corrected chi connectivity index (χ3v) is 4.53. The van der Waals surface area contributed by atoms with Gasteiger partial charge in [-0.2, -0.15) is 5.10 Å². The molecule has 8 nitrogen and oxygen atoms in total. The number of carbonyl (C=O) groups is 1. The Morgan fingerprint density at radius 2 is 1.90 bits per heavy atom. The fourth-order valence-electron chi connectivity index (χ4n) is 3.14. The number of benzene rings is 1. The van der Waals surface area contributed by atoms with Crippen LogP contribution in [0, 0.1) is 13.8 Å². The highest BCUT2D eigenvalue weighted by Crippen LogP contribution is 2.14. The Hall–Kier alpha value is -3.03. The first-order valence-electron chi connectivity index (χ1n) is 10.7. The third-order valence-electron chi connectivity index (χ3n) is 4.53. The smallest absolute Gasteiger partial charge is 0.408 e. The van der Waals surface area contributed by atoms with Crippen molar-refractivity contribution in [1.29, 1.82) is 0 Å². The number of aromatic nitrogens is 2. The van der Waals surface area contributed by atoms with Crippen LogP contribution in [0.15, 0.2) is 41.4 Å². The molecule has 1 amide bonds. The average molecular weight is 429 g/mol. The molecular weight excluding hydrogens is 392 g/mol. The number of aryl methyl sites for hydroxylation is 3. The number of guanidine groups is 1. The molecule has 0 saturated carbocycles. The SMILES string of the molecule is CN=C(NCCCn1nc(C)cc1C)NCC(NC(=O)OC(C)(C)C)c1ccccc1. The van der Waals surface area contributed by atoms with Gasteiger partial charge < -0.3 is 20.7 Å². The molecule has 2 aromatic rings. The summed E-state index contributed by atoms with van der Waals surface area (Å²) in [7, 11) is 1.73. The lowest BCUT2D eigenvalue weighted by Crippen LogP contribution is -2.44. The molecule has 0 aliphatic carbocycles. The summed E-state index contributed by atoms with van der Waals surface area (Å²) in [6.45, 7) is 11.7. The maximum Gasteiger partial charge on any atom is 0.408 e. The molecule has 2 rings (SSSR count). The van der Waals surface area contributed by atoms with E-state index in [1.165, 1.54) is 5.69 Å². The Labute approximate surface area is 185 Å². The summed E-state index contributed by atoms with van der Waals surface area (Å²) in [6.07, 6.45) is 0.469. The van der Waals surface area contributed by atoms with Gasteiger partial charge in [-0.1, -0.05) is 30.3 Å². The van der Waals surface area contributed by atoms with E-state index in [1.54, 1.807) is 7.05 Å². The number of rotatable bonds is 8. The first kappa shape index (κ1) is 24.2. The average Bonchev–Trinajstić information content (AvgIpc) is 3.02. The van der Waals surface area contributed by atoms with Gasteiger partial charge in [0.05, 0.1) is 11.7 Å². The van der Waals surface area contributed by atoms with Gasteiger partial charge in [0.1, 0.15) is 5.60 Å². The van der Waals surface area contributed by atoms with Crippen molar-refractivity contribution in [2.45, 2.75) is 59.2 Å². The number of carbonyl (C=O) groups excluding carboxylic acids is 1. The lowest BCUT2D eigenvalue weighted by molar-refractivity contribution is 0.0504. The molecule has 3 N–H and O–H groups in total. The zero-order chi connectivity index (χ0) is 22.9. The number of hydrogen-bond donors (Lipinski definition) is 3. The summed E-state index contributed by atoms with van der Waals surface area (Å²) in [5.41, 5.74) is 2.63. The van der Waals surface area contributed by atoms with Crippen LogP contribution in [0.5, 0.6) is 0 Å². The van der Waals surface area contributed by atoms with Gasteiger partial charge in [0, 0.05) is 32.4 Å². The van der Waals surface area contributed by atoms with E-state index in [9.17, 15) is 4.79 Å². The summed E-state index contributed by atoms with van der Waals surface area (Å²) < 4.78 is 7.44.